The predicted octanol–water partition coefficient (Wildman–Crippen LogP) is 6.97. The molecule has 1 aliphatic carbocycles. The van der Waals surface area contributed by atoms with Gasteiger partial charge in [-0.3, -0.25) is 4.79 Å². The molecular formula is C39H50FN9O2. The van der Waals surface area contributed by atoms with Crippen molar-refractivity contribution in [2.24, 2.45) is 11.3 Å². The minimum absolute atomic E-state index is 0.0520. The third-order valence-corrected chi connectivity index (χ3v) is 11.2. The number of likely N-dealkylation sites (tertiary alicyclic amines) is 1. The Balaban J connectivity index is 0.929. The summed E-state index contributed by atoms with van der Waals surface area (Å²) < 4.78 is 20.8. The first-order chi connectivity index (χ1) is 24.7. The predicted molar refractivity (Wildman–Crippen MR) is 197 cm³/mol. The van der Waals surface area contributed by atoms with Crippen LogP contribution in [0.1, 0.15) is 83.0 Å². The quantitative estimate of drug-likeness (QED) is 0.187. The van der Waals surface area contributed by atoms with Gasteiger partial charge in [0.05, 0.1) is 17.1 Å². The Labute approximate surface area is 300 Å². The number of halogens is 1. The van der Waals surface area contributed by atoms with Gasteiger partial charge in [0.2, 0.25) is 0 Å². The number of pyridine rings is 1. The van der Waals surface area contributed by atoms with Crippen LogP contribution in [0.5, 0.6) is 11.5 Å². The summed E-state index contributed by atoms with van der Waals surface area (Å²) >= 11 is 0. The van der Waals surface area contributed by atoms with E-state index < -0.39 is 5.82 Å². The van der Waals surface area contributed by atoms with E-state index in [2.05, 4.69) is 40.0 Å². The van der Waals surface area contributed by atoms with Crippen molar-refractivity contribution in [3.05, 3.63) is 66.8 Å². The molecule has 1 spiro atoms. The van der Waals surface area contributed by atoms with Crippen molar-refractivity contribution >= 4 is 28.6 Å². The van der Waals surface area contributed by atoms with Crippen molar-refractivity contribution in [2.45, 2.75) is 90.8 Å². The molecule has 2 saturated heterocycles. The molecule has 11 nitrogen and oxygen atoms in total. The van der Waals surface area contributed by atoms with E-state index in [1.165, 1.54) is 50.2 Å². The zero-order valence-corrected chi connectivity index (χ0v) is 30.3. The van der Waals surface area contributed by atoms with Crippen molar-refractivity contribution < 1.29 is 13.9 Å². The largest absolute Gasteiger partial charge is 0.451 e. The molecule has 12 heteroatoms. The van der Waals surface area contributed by atoms with E-state index in [-0.39, 0.29) is 23.6 Å². The molecule has 3 aliphatic rings. The number of aromatic nitrogens is 5. The van der Waals surface area contributed by atoms with Crippen molar-refractivity contribution in [1.82, 2.24) is 34.7 Å². The van der Waals surface area contributed by atoms with Crippen molar-refractivity contribution in [1.29, 1.82) is 0 Å². The Bertz CT molecular complexity index is 1810. The highest BCUT2D eigenvalue weighted by Crippen LogP contribution is 2.45. The number of nitrogens with one attached hydrogen (secondary N) is 1. The number of piperidine rings is 1. The summed E-state index contributed by atoms with van der Waals surface area (Å²) in [6.07, 6.45) is 14.9. The zero-order valence-electron chi connectivity index (χ0n) is 30.3. The van der Waals surface area contributed by atoms with Crippen molar-refractivity contribution in [3.8, 4) is 11.5 Å². The maximum atomic E-state index is 14.4. The van der Waals surface area contributed by atoms with Gasteiger partial charge in [-0.05, 0) is 127 Å². The summed E-state index contributed by atoms with van der Waals surface area (Å²) in [6, 6.07) is 8.41. The first kappa shape index (κ1) is 35.0. The molecule has 2 aliphatic heterocycles. The molecule has 0 bridgehead atoms. The van der Waals surface area contributed by atoms with Gasteiger partial charge >= 0.3 is 0 Å². The zero-order chi connectivity index (χ0) is 35.5. The molecule has 1 saturated carbocycles. The highest BCUT2D eigenvalue weighted by Gasteiger charge is 2.39. The van der Waals surface area contributed by atoms with E-state index in [4.69, 9.17) is 4.74 Å². The number of ether oxygens (including phenoxy) is 1. The average Bonchev–Trinajstić information content (AvgIpc) is 3.59. The molecule has 3 fully saturated rings. The minimum Gasteiger partial charge on any atom is -0.451 e. The Morgan fingerprint density at radius 3 is 2.51 bits per heavy atom. The summed E-state index contributed by atoms with van der Waals surface area (Å²) in [5.41, 5.74) is 1.37. The molecule has 1 atom stereocenters. The van der Waals surface area contributed by atoms with Crippen LogP contribution in [0.3, 0.4) is 0 Å². The van der Waals surface area contributed by atoms with Gasteiger partial charge in [-0.1, -0.05) is 0 Å². The summed E-state index contributed by atoms with van der Waals surface area (Å²) in [5.74, 6) is 2.13. The molecule has 270 valence electrons. The summed E-state index contributed by atoms with van der Waals surface area (Å²) in [4.78, 5) is 42.3. The third-order valence-electron chi connectivity index (χ3n) is 11.2. The lowest BCUT2D eigenvalue weighted by Crippen LogP contribution is -2.45. The smallest absolute Gasteiger partial charge is 0.258 e. The molecule has 5 heterocycles. The fourth-order valence-electron chi connectivity index (χ4n) is 8.53. The fourth-order valence-corrected chi connectivity index (χ4v) is 8.53. The number of hydrogen-bond donors (Lipinski definition) is 1. The highest BCUT2D eigenvalue weighted by atomic mass is 19.1. The normalized spacial score (nSPS) is 19.7. The van der Waals surface area contributed by atoms with Crippen LogP contribution in [0.4, 0.5) is 16.0 Å². The third kappa shape index (κ3) is 7.75. The molecule has 4 aromatic rings. The molecule has 0 radical (unpaired) electrons. The van der Waals surface area contributed by atoms with Crippen molar-refractivity contribution in [2.75, 3.05) is 42.9 Å². The van der Waals surface area contributed by atoms with E-state index in [9.17, 15) is 9.18 Å². The fraction of sp³-hybridized carbons (Fsp3) is 0.538. The minimum atomic E-state index is -0.483. The second-order valence-corrected chi connectivity index (χ2v) is 15.3. The number of anilines is 2. The van der Waals surface area contributed by atoms with Gasteiger partial charge in [0.15, 0.2) is 17.2 Å². The standard InChI is InChI=1S/C39H50FN9O2/c1-26(2)49(27(3)4)38(50)32-20-29(40)7-8-33(32)51-34-21-41-24-45-37(34)48-17-11-28(23-48)22-47-18-14-39(15-19-47)12-9-30(10-13-39)46-36-31-6-5-16-42-35(31)43-25-44-36/h5-8,16,20-21,24-28,30H,9-15,17-19,22-23H2,1-4H3,(H,42,43,44,46)/t28-/m0/s1. The molecule has 7 rings (SSSR count). The Morgan fingerprint density at radius 2 is 1.75 bits per heavy atom. The van der Waals surface area contributed by atoms with Crippen LogP contribution in [0.25, 0.3) is 11.0 Å². The van der Waals surface area contributed by atoms with E-state index in [1.54, 1.807) is 23.6 Å². The number of rotatable bonds is 10. The maximum Gasteiger partial charge on any atom is 0.258 e. The molecule has 3 aromatic heterocycles. The van der Waals surface area contributed by atoms with E-state index in [0.717, 1.165) is 68.8 Å². The molecule has 0 unspecified atom stereocenters. The number of amides is 1. The van der Waals surface area contributed by atoms with Gasteiger partial charge in [0.1, 0.15) is 30.0 Å². The van der Waals surface area contributed by atoms with Gasteiger partial charge in [0.25, 0.3) is 5.91 Å². The van der Waals surface area contributed by atoms with Gasteiger partial charge in [0, 0.05) is 44.0 Å². The number of benzene rings is 1. The molecular weight excluding hydrogens is 645 g/mol. The topological polar surface area (TPSA) is 113 Å². The van der Waals surface area contributed by atoms with Crippen LogP contribution >= 0.6 is 0 Å². The van der Waals surface area contributed by atoms with E-state index >= 15 is 0 Å². The lowest BCUT2D eigenvalue weighted by atomic mass is 9.67. The summed E-state index contributed by atoms with van der Waals surface area (Å²) in [7, 11) is 0. The Morgan fingerprint density at radius 1 is 0.961 bits per heavy atom. The Hall–Kier alpha value is -4.45. The first-order valence-electron chi connectivity index (χ1n) is 18.6. The van der Waals surface area contributed by atoms with E-state index in [0.29, 0.717) is 34.7 Å². The highest BCUT2D eigenvalue weighted by molar-refractivity contribution is 5.97. The number of carbonyl (C=O) groups excluding carboxylic acids is 1. The SMILES string of the molecule is CC(C)N(C(=O)c1cc(F)ccc1Oc1cncnc1N1CC[C@@H](CN2CCC3(CCC(Nc4ncnc5ncccc45)CC3)CC2)C1)C(C)C. The van der Waals surface area contributed by atoms with Gasteiger partial charge in [-0.2, -0.15) is 0 Å². The number of fused-ring (bicyclic) bond motifs is 1. The average molecular weight is 696 g/mol. The molecule has 1 N–H and O–H groups in total. The Kier molecular flexibility index (Phi) is 10.3. The second kappa shape index (κ2) is 15.0. The molecule has 51 heavy (non-hydrogen) atoms. The van der Waals surface area contributed by atoms with Crippen LogP contribution in [0.2, 0.25) is 0 Å². The molecule has 1 aromatic carbocycles. The number of carbonyl (C=O) groups is 1. The monoisotopic (exact) mass is 695 g/mol. The van der Waals surface area contributed by atoms with Crippen LogP contribution in [0.15, 0.2) is 55.4 Å². The van der Waals surface area contributed by atoms with Gasteiger partial charge in [-0.25, -0.2) is 29.3 Å². The van der Waals surface area contributed by atoms with Gasteiger partial charge in [-0.15, -0.1) is 0 Å². The van der Waals surface area contributed by atoms with Crippen molar-refractivity contribution in [3.63, 3.8) is 0 Å². The summed E-state index contributed by atoms with van der Waals surface area (Å²) in [6.45, 7) is 12.9. The first-order valence-corrected chi connectivity index (χ1v) is 18.6. The second-order valence-electron chi connectivity index (χ2n) is 15.3. The number of hydrogen-bond acceptors (Lipinski definition) is 10. The van der Waals surface area contributed by atoms with Gasteiger partial charge < -0.3 is 24.8 Å². The van der Waals surface area contributed by atoms with Crippen LogP contribution in [0, 0.1) is 17.2 Å². The van der Waals surface area contributed by atoms with Crippen LogP contribution < -0.4 is 15.0 Å². The lowest BCUT2D eigenvalue weighted by molar-refractivity contribution is 0.0584. The maximum absolute atomic E-state index is 14.4. The van der Waals surface area contributed by atoms with E-state index in [1.807, 2.05) is 39.8 Å². The van der Waals surface area contributed by atoms with Crippen LogP contribution in [-0.2, 0) is 0 Å². The lowest BCUT2D eigenvalue weighted by Gasteiger charge is -2.46. The van der Waals surface area contributed by atoms with Crippen LogP contribution in [-0.4, -0.2) is 91.5 Å². The molecule has 1 amide bonds. The summed E-state index contributed by atoms with van der Waals surface area (Å²) in [5, 5.41) is 4.69. The number of nitrogens with zero attached hydrogens (tertiary/aromatic N) is 8.